The van der Waals surface area contributed by atoms with Crippen LogP contribution < -0.4 is 15.8 Å². The van der Waals surface area contributed by atoms with E-state index < -0.39 is 0 Å². The van der Waals surface area contributed by atoms with Gasteiger partial charge in [0, 0.05) is 17.9 Å². The number of anilines is 2. The highest BCUT2D eigenvalue weighted by Crippen LogP contribution is 2.23. The summed E-state index contributed by atoms with van der Waals surface area (Å²) in [6.07, 6.45) is 0. The normalized spacial score (nSPS) is 9.94. The number of nitrogens with one attached hydrogen (secondary N) is 1. The molecule has 0 atom stereocenters. The van der Waals surface area contributed by atoms with Gasteiger partial charge in [-0.25, -0.2) is 0 Å². The van der Waals surface area contributed by atoms with Crippen LogP contribution in [0.2, 0.25) is 0 Å². The van der Waals surface area contributed by atoms with E-state index in [-0.39, 0.29) is 0 Å². The van der Waals surface area contributed by atoms with Crippen molar-refractivity contribution in [1.29, 1.82) is 0 Å². The van der Waals surface area contributed by atoms with Crippen molar-refractivity contribution >= 4 is 11.4 Å². The van der Waals surface area contributed by atoms with E-state index in [4.69, 9.17) is 10.5 Å². The molecule has 0 aliphatic carbocycles. The summed E-state index contributed by atoms with van der Waals surface area (Å²) in [6.45, 7) is 2.98. The predicted octanol–water partition coefficient (Wildman–Crippen LogP) is 3.49. The Morgan fingerprint density at radius 3 is 2.00 bits per heavy atom. The lowest BCUT2D eigenvalue weighted by atomic mass is 10.3. The molecule has 2 rings (SSSR count). The fourth-order valence-electron chi connectivity index (χ4n) is 1.52. The fraction of sp³-hybridized carbons (Fsp3) is 0.143. The van der Waals surface area contributed by atoms with Gasteiger partial charge in [-0.3, -0.25) is 0 Å². The van der Waals surface area contributed by atoms with E-state index in [9.17, 15) is 0 Å². The van der Waals surface area contributed by atoms with E-state index in [2.05, 4.69) is 12.2 Å². The third kappa shape index (κ3) is 3.14. The van der Waals surface area contributed by atoms with Crippen LogP contribution >= 0.6 is 0 Å². The smallest absolute Gasteiger partial charge is 0.127 e. The number of nitrogen functional groups attached to an aromatic ring is 1. The van der Waals surface area contributed by atoms with Gasteiger partial charge in [-0.1, -0.05) is 0 Å². The second-order valence-electron chi connectivity index (χ2n) is 3.73. The molecule has 0 saturated carbocycles. The van der Waals surface area contributed by atoms with Crippen LogP contribution in [0.4, 0.5) is 11.4 Å². The Labute approximate surface area is 101 Å². The maximum Gasteiger partial charge on any atom is 0.127 e. The van der Waals surface area contributed by atoms with Gasteiger partial charge in [0.2, 0.25) is 0 Å². The maximum absolute atomic E-state index is 5.68. The molecule has 0 radical (unpaired) electrons. The molecule has 2 aromatic rings. The first-order valence-corrected chi connectivity index (χ1v) is 5.65. The second kappa shape index (κ2) is 5.25. The van der Waals surface area contributed by atoms with Crippen LogP contribution in [0.3, 0.4) is 0 Å². The van der Waals surface area contributed by atoms with E-state index in [1.165, 1.54) is 0 Å². The molecule has 0 aliphatic heterocycles. The van der Waals surface area contributed by atoms with Gasteiger partial charge in [-0.05, 0) is 55.5 Å². The van der Waals surface area contributed by atoms with Crippen LogP contribution in [-0.4, -0.2) is 6.54 Å². The largest absolute Gasteiger partial charge is 0.457 e. The maximum atomic E-state index is 5.68. The first-order valence-electron chi connectivity index (χ1n) is 5.65. The molecule has 0 saturated heterocycles. The van der Waals surface area contributed by atoms with Gasteiger partial charge in [0.25, 0.3) is 0 Å². The van der Waals surface area contributed by atoms with Crippen LogP contribution in [-0.2, 0) is 0 Å². The summed E-state index contributed by atoms with van der Waals surface area (Å²) in [5, 5.41) is 3.23. The van der Waals surface area contributed by atoms with Crippen molar-refractivity contribution < 1.29 is 4.74 Å². The molecule has 2 aromatic carbocycles. The Bertz CT molecular complexity index is 463. The predicted molar refractivity (Wildman–Crippen MR) is 71.5 cm³/mol. The summed E-state index contributed by atoms with van der Waals surface area (Å²) in [4.78, 5) is 0. The van der Waals surface area contributed by atoms with E-state index >= 15 is 0 Å². The molecular weight excluding hydrogens is 212 g/mol. The lowest BCUT2D eigenvalue weighted by Crippen LogP contribution is -1.95. The Hall–Kier alpha value is -2.16. The standard InChI is InChI=1S/C14H16N2O/c1-2-16-12-5-9-14(10-6-12)17-13-7-3-11(15)4-8-13/h3-10,16H,2,15H2,1H3. The average molecular weight is 228 g/mol. The van der Waals surface area contributed by atoms with Gasteiger partial charge >= 0.3 is 0 Å². The van der Waals surface area contributed by atoms with Crippen molar-refractivity contribution in [2.75, 3.05) is 17.6 Å². The zero-order valence-electron chi connectivity index (χ0n) is 9.81. The van der Waals surface area contributed by atoms with Crippen LogP contribution in [0.15, 0.2) is 48.5 Å². The molecule has 0 aromatic heterocycles. The summed E-state index contributed by atoms with van der Waals surface area (Å²) in [6, 6.07) is 15.2. The summed E-state index contributed by atoms with van der Waals surface area (Å²) in [5.74, 6) is 1.60. The zero-order chi connectivity index (χ0) is 12.1. The molecule has 0 bridgehead atoms. The minimum absolute atomic E-state index is 0.736. The minimum Gasteiger partial charge on any atom is -0.457 e. The average Bonchev–Trinajstić information content (AvgIpc) is 2.35. The number of ether oxygens (including phenoxy) is 1. The van der Waals surface area contributed by atoms with Crippen molar-refractivity contribution in [2.45, 2.75) is 6.92 Å². The summed E-state index contributed by atoms with van der Waals surface area (Å²) >= 11 is 0. The molecule has 0 heterocycles. The van der Waals surface area contributed by atoms with E-state index in [1.54, 1.807) is 0 Å². The molecule has 0 unspecified atom stereocenters. The van der Waals surface area contributed by atoms with E-state index in [0.29, 0.717) is 0 Å². The van der Waals surface area contributed by atoms with Crippen molar-refractivity contribution in [1.82, 2.24) is 0 Å². The molecule has 0 fully saturated rings. The minimum atomic E-state index is 0.736. The quantitative estimate of drug-likeness (QED) is 0.787. The first-order chi connectivity index (χ1) is 8.28. The van der Waals surface area contributed by atoms with Gasteiger partial charge in [-0.2, -0.15) is 0 Å². The molecule has 0 amide bonds. The number of rotatable bonds is 4. The number of hydrogen-bond acceptors (Lipinski definition) is 3. The highest BCUT2D eigenvalue weighted by Gasteiger charge is 1.97. The Morgan fingerprint density at radius 1 is 0.941 bits per heavy atom. The van der Waals surface area contributed by atoms with Crippen molar-refractivity contribution in [3.63, 3.8) is 0 Å². The molecular formula is C14H16N2O. The highest BCUT2D eigenvalue weighted by molar-refractivity contribution is 5.48. The first kappa shape index (κ1) is 11.3. The van der Waals surface area contributed by atoms with Crippen molar-refractivity contribution in [3.8, 4) is 11.5 Å². The van der Waals surface area contributed by atoms with Gasteiger partial charge in [0.15, 0.2) is 0 Å². The van der Waals surface area contributed by atoms with Gasteiger partial charge in [0.05, 0.1) is 0 Å². The number of benzene rings is 2. The molecule has 3 heteroatoms. The molecule has 3 nitrogen and oxygen atoms in total. The van der Waals surface area contributed by atoms with Gasteiger partial charge in [0.1, 0.15) is 11.5 Å². The van der Waals surface area contributed by atoms with Crippen LogP contribution in [0, 0.1) is 0 Å². The summed E-state index contributed by atoms with van der Waals surface area (Å²) in [7, 11) is 0. The molecule has 0 aliphatic rings. The van der Waals surface area contributed by atoms with Crippen molar-refractivity contribution in [2.24, 2.45) is 0 Å². The molecule has 0 spiro atoms. The van der Waals surface area contributed by atoms with Crippen molar-refractivity contribution in [3.05, 3.63) is 48.5 Å². The van der Waals surface area contributed by atoms with Gasteiger partial charge in [-0.15, -0.1) is 0 Å². The second-order valence-corrected chi connectivity index (χ2v) is 3.73. The third-order valence-corrected chi connectivity index (χ3v) is 2.35. The van der Waals surface area contributed by atoms with Crippen LogP contribution in [0.25, 0.3) is 0 Å². The van der Waals surface area contributed by atoms with E-state index in [0.717, 1.165) is 29.4 Å². The zero-order valence-corrected chi connectivity index (χ0v) is 9.81. The Kier molecular flexibility index (Phi) is 3.50. The van der Waals surface area contributed by atoms with Crippen LogP contribution in [0.5, 0.6) is 11.5 Å². The number of nitrogens with two attached hydrogens (primary N) is 1. The third-order valence-electron chi connectivity index (χ3n) is 2.35. The molecule has 3 N–H and O–H groups in total. The highest BCUT2D eigenvalue weighted by atomic mass is 16.5. The van der Waals surface area contributed by atoms with Crippen LogP contribution in [0.1, 0.15) is 6.92 Å². The fourth-order valence-corrected chi connectivity index (χ4v) is 1.52. The Morgan fingerprint density at radius 2 is 1.47 bits per heavy atom. The Balaban J connectivity index is 2.05. The molecule has 88 valence electrons. The summed E-state index contributed by atoms with van der Waals surface area (Å²) < 4.78 is 5.68. The monoisotopic (exact) mass is 228 g/mol. The molecule has 17 heavy (non-hydrogen) atoms. The number of hydrogen-bond donors (Lipinski definition) is 2. The SMILES string of the molecule is CCNc1ccc(Oc2ccc(N)cc2)cc1. The summed E-state index contributed by atoms with van der Waals surface area (Å²) in [5.41, 5.74) is 7.44. The van der Waals surface area contributed by atoms with E-state index in [1.807, 2.05) is 48.5 Å². The lowest BCUT2D eigenvalue weighted by Gasteiger charge is -2.07. The topological polar surface area (TPSA) is 47.3 Å². The van der Waals surface area contributed by atoms with Gasteiger partial charge < -0.3 is 15.8 Å². The lowest BCUT2D eigenvalue weighted by molar-refractivity contribution is 0.483.